The van der Waals surface area contributed by atoms with Crippen molar-refractivity contribution in [1.29, 1.82) is 0 Å². The van der Waals surface area contributed by atoms with Crippen molar-refractivity contribution in [3.63, 3.8) is 0 Å². The van der Waals surface area contributed by atoms with Gasteiger partial charge < -0.3 is 9.64 Å². The third-order valence-corrected chi connectivity index (χ3v) is 3.65. The Labute approximate surface area is 114 Å². The molecule has 1 saturated heterocycles. The molecule has 0 amide bonds. The third-order valence-electron chi connectivity index (χ3n) is 3.65. The molecule has 2 heterocycles. The molecule has 1 aromatic rings. The average Bonchev–Trinajstić information content (AvgIpc) is 2.87. The summed E-state index contributed by atoms with van der Waals surface area (Å²) < 4.78 is 4.80. The maximum absolute atomic E-state index is 11.7. The lowest BCUT2D eigenvalue weighted by atomic mass is 10.2. The van der Waals surface area contributed by atoms with E-state index in [4.69, 9.17) is 4.74 Å². The van der Waals surface area contributed by atoms with Gasteiger partial charge in [-0.25, -0.2) is 4.79 Å². The van der Waals surface area contributed by atoms with Crippen molar-refractivity contribution in [1.82, 2.24) is 14.8 Å². The lowest BCUT2D eigenvalue weighted by molar-refractivity contribution is 0.0597. The number of esters is 1. The number of likely N-dealkylation sites (tertiary alicyclic amines) is 1. The Morgan fingerprint density at radius 2 is 2.37 bits per heavy atom. The summed E-state index contributed by atoms with van der Waals surface area (Å²) in [5.41, 5.74) is 1.37. The van der Waals surface area contributed by atoms with Crippen molar-refractivity contribution in [2.45, 2.75) is 19.0 Å². The molecular formula is C14H21N3O2. The monoisotopic (exact) mass is 263 g/mol. The molecule has 0 spiro atoms. The predicted molar refractivity (Wildman–Crippen MR) is 72.9 cm³/mol. The number of hydrogen-bond acceptors (Lipinski definition) is 5. The first-order valence-electron chi connectivity index (χ1n) is 6.53. The van der Waals surface area contributed by atoms with Gasteiger partial charge in [0.2, 0.25) is 0 Å². The van der Waals surface area contributed by atoms with E-state index in [0.717, 1.165) is 25.2 Å². The summed E-state index contributed by atoms with van der Waals surface area (Å²) in [6.45, 7) is 2.76. The van der Waals surface area contributed by atoms with Crippen LogP contribution in [0.3, 0.4) is 0 Å². The van der Waals surface area contributed by atoms with Crippen LogP contribution in [0.4, 0.5) is 0 Å². The van der Waals surface area contributed by atoms with Crippen molar-refractivity contribution in [2.75, 3.05) is 34.3 Å². The third kappa shape index (κ3) is 3.30. The van der Waals surface area contributed by atoms with Gasteiger partial charge in [0, 0.05) is 31.9 Å². The highest BCUT2D eigenvalue weighted by Gasteiger charge is 2.25. The van der Waals surface area contributed by atoms with E-state index in [2.05, 4.69) is 28.9 Å². The molecule has 0 N–H and O–H groups in total. The Morgan fingerprint density at radius 1 is 1.58 bits per heavy atom. The largest absolute Gasteiger partial charge is 0.465 e. The normalized spacial score (nSPS) is 19.9. The first-order valence-corrected chi connectivity index (χ1v) is 6.53. The Morgan fingerprint density at radius 3 is 3.00 bits per heavy atom. The Bertz CT molecular complexity index is 448. The number of aromatic nitrogens is 1. The van der Waals surface area contributed by atoms with Crippen LogP contribution in [0.15, 0.2) is 18.3 Å². The van der Waals surface area contributed by atoms with Gasteiger partial charge in [-0.1, -0.05) is 0 Å². The Hall–Kier alpha value is -1.46. The first-order chi connectivity index (χ1) is 9.11. The quantitative estimate of drug-likeness (QED) is 0.759. The highest BCUT2D eigenvalue weighted by Crippen LogP contribution is 2.17. The summed E-state index contributed by atoms with van der Waals surface area (Å²) in [6, 6.07) is 4.13. The Kier molecular flexibility index (Phi) is 4.50. The van der Waals surface area contributed by atoms with E-state index in [9.17, 15) is 4.79 Å². The van der Waals surface area contributed by atoms with Crippen LogP contribution < -0.4 is 0 Å². The van der Waals surface area contributed by atoms with Gasteiger partial charge in [0.05, 0.1) is 18.4 Å². The number of likely N-dealkylation sites (N-methyl/N-ethyl adjacent to an activating group) is 1. The highest BCUT2D eigenvalue weighted by atomic mass is 16.5. The van der Waals surface area contributed by atoms with Crippen LogP contribution in [-0.4, -0.2) is 61.1 Å². The van der Waals surface area contributed by atoms with Crippen LogP contribution >= 0.6 is 0 Å². The van der Waals surface area contributed by atoms with Crippen molar-refractivity contribution in [2.24, 2.45) is 0 Å². The smallest absolute Gasteiger partial charge is 0.339 e. The molecule has 19 heavy (non-hydrogen) atoms. The summed E-state index contributed by atoms with van der Waals surface area (Å²) in [5.74, 6) is -0.313. The topological polar surface area (TPSA) is 45.7 Å². The van der Waals surface area contributed by atoms with E-state index in [1.807, 2.05) is 0 Å². The van der Waals surface area contributed by atoms with Gasteiger partial charge in [0.15, 0.2) is 0 Å². The van der Waals surface area contributed by atoms with E-state index in [1.165, 1.54) is 7.11 Å². The number of nitrogens with zero attached hydrogens (tertiary/aromatic N) is 3. The zero-order valence-electron chi connectivity index (χ0n) is 11.8. The highest BCUT2D eigenvalue weighted by molar-refractivity contribution is 5.90. The van der Waals surface area contributed by atoms with Gasteiger partial charge in [-0.15, -0.1) is 0 Å². The predicted octanol–water partition coefficient (Wildman–Crippen LogP) is 1.00. The van der Waals surface area contributed by atoms with Gasteiger partial charge in [-0.2, -0.15) is 0 Å². The molecular weight excluding hydrogens is 242 g/mol. The first kappa shape index (κ1) is 14.0. The number of hydrogen-bond donors (Lipinski definition) is 0. The summed E-state index contributed by atoms with van der Waals surface area (Å²) in [7, 11) is 5.61. The van der Waals surface area contributed by atoms with E-state index in [-0.39, 0.29) is 5.97 Å². The van der Waals surface area contributed by atoms with Crippen molar-refractivity contribution in [3.8, 4) is 0 Å². The molecule has 0 radical (unpaired) electrons. The second kappa shape index (κ2) is 6.12. The number of methoxy groups -OCH3 is 1. The van der Waals surface area contributed by atoms with Crippen molar-refractivity contribution in [3.05, 3.63) is 29.6 Å². The van der Waals surface area contributed by atoms with Crippen LogP contribution in [0.25, 0.3) is 0 Å². The van der Waals surface area contributed by atoms with Gasteiger partial charge in [-0.3, -0.25) is 9.88 Å². The van der Waals surface area contributed by atoms with Crippen LogP contribution in [-0.2, 0) is 11.3 Å². The summed E-state index contributed by atoms with van der Waals surface area (Å²) in [5, 5.41) is 0. The molecule has 1 aromatic heterocycles. The van der Waals surface area contributed by atoms with Gasteiger partial charge in [-0.05, 0) is 32.6 Å². The fourth-order valence-corrected chi connectivity index (χ4v) is 2.45. The summed E-state index contributed by atoms with van der Waals surface area (Å²) in [4.78, 5) is 20.6. The van der Waals surface area contributed by atoms with E-state index in [0.29, 0.717) is 18.2 Å². The summed E-state index contributed by atoms with van der Waals surface area (Å²) >= 11 is 0. The molecule has 5 nitrogen and oxygen atoms in total. The van der Waals surface area contributed by atoms with E-state index < -0.39 is 0 Å². The molecule has 1 fully saturated rings. The maximum Gasteiger partial charge on any atom is 0.339 e. The average molecular weight is 263 g/mol. The number of rotatable bonds is 4. The molecule has 0 bridgehead atoms. The SMILES string of the molecule is COC(=O)c1cccnc1CN1CCC(N(C)C)C1. The van der Waals surface area contributed by atoms with Crippen molar-refractivity contribution < 1.29 is 9.53 Å². The fourth-order valence-electron chi connectivity index (χ4n) is 2.45. The van der Waals surface area contributed by atoms with Crippen LogP contribution in [0.5, 0.6) is 0 Å². The van der Waals surface area contributed by atoms with Crippen molar-refractivity contribution >= 4 is 5.97 Å². The van der Waals surface area contributed by atoms with Gasteiger partial charge in [0.1, 0.15) is 0 Å². The minimum atomic E-state index is -0.313. The molecule has 1 aliphatic rings. The maximum atomic E-state index is 11.7. The minimum Gasteiger partial charge on any atom is -0.465 e. The number of carbonyl (C=O) groups excluding carboxylic acids is 1. The molecule has 104 valence electrons. The number of pyridine rings is 1. The minimum absolute atomic E-state index is 0.313. The standard InChI is InChI=1S/C14H21N3O2/c1-16(2)11-6-8-17(9-11)10-13-12(14(18)19-3)5-4-7-15-13/h4-5,7,11H,6,8-10H2,1-3H3. The molecule has 1 unspecified atom stereocenters. The number of carbonyl (C=O) groups is 1. The Balaban J connectivity index is 2.06. The zero-order chi connectivity index (χ0) is 13.8. The lowest BCUT2D eigenvalue weighted by Gasteiger charge is -2.20. The van der Waals surface area contributed by atoms with Gasteiger partial charge >= 0.3 is 5.97 Å². The van der Waals surface area contributed by atoms with E-state index >= 15 is 0 Å². The molecule has 5 heteroatoms. The second-order valence-electron chi connectivity index (χ2n) is 5.13. The molecule has 0 saturated carbocycles. The van der Waals surface area contributed by atoms with Crippen LogP contribution in [0, 0.1) is 0 Å². The van der Waals surface area contributed by atoms with E-state index in [1.54, 1.807) is 18.3 Å². The van der Waals surface area contributed by atoms with Crippen LogP contribution in [0.2, 0.25) is 0 Å². The summed E-state index contributed by atoms with van der Waals surface area (Å²) in [6.07, 6.45) is 2.88. The fraction of sp³-hybridized carbons (Fsp3) is 0.571. The zero-order valence-corrected chi connectivity index (χ0v) is 11.8. The molecule has 0 aromatic carbocycles. The van der Waals surface area contributed by atoms with Gasteiger partial charge in [0.25, 0.3) is 0 Å². The lowest BCUT2D eigenvalue weighted by Crippen LogP contribution is -2.31. The number of ether oxygens (including phenoxy) is 1. The molecule has 0 aliphatic carbocycles. The van der Waals surface area contributed by atoms with Crippen LogP contribution in [0.1, 0.15) is 22.5 Å². The molecule has 1 atom stereocenters. The molecule has 1 aliphatic heterocycles. The molecule has 2 rings (SSSR count). The second-order valence-corrected chi connectivity index (χ2v) is 5.13.